The van der Waals surface area contributed by atoms with Gasteiger partial charge in [0.05, 0.1) is 5.56 Å². The summed E-state index contributed by atoms with van der Waals surface area (Å²) in [7, 11) is 0. The minimum Gasteiger partial charge on any atom is -0.449 e. The molecule has 120 valence electrons. The summed E-state index contributed by atoms with van der Waals surface area (Å²) in [6, 6.07) is 11.5. The van der Waals surface area contributed by atoms with Gasteiger partial charge in [-0.05, 0) is 55.8 Å². The van der Waals surface area contributed by atoms with Crippen LogP contribution < -0.4 is 11.1 Å². The van der Waals surface area contributed by atoms with Crippen molar-refractivity contribution in [1.29, 1.82) is 0 Å². The molecule has 0 aromatic heterocycles. The maximum Gasteiger partial charge on any atom is 0.338 e. The highest BCUT2D eigenvalue weighted by atomic mass is 35.5. The van der Waals surface area contributed by atoms with Gasteiger partial charge in [-0.3, -0.25) is 4.79 Å². The molecule has 6 heteroatoms. The predicted octanol–water partition coefficient (Wildman–Crippen LogP) is 3.41. The first-order chi connectivity index (χ1) is 10.9. The second-order valence-electron chi connectivity index (χ2n) is 5.07. The van der Waals surface area contributed by atoms with Crippen molar-refractivity contribution < 1.29 is 14.3 Å². The van der Waals surface area contributed by atoms with E-state index in [4.69, 9.17) is 22.1 Å². The van der Waals surface area contributed by atoms with Crippen molar-refractivity contribution in [2.45, 2.75) is 20.0 Å². The molecule has 5 nitrogen and oxygen atoms in total. The Morgan fingerprint density at radius 2 is 1.83 bits per heavy atom. The van der Waals surface area contributed by atoms with Crippen LogP contribution in [0.25, 0.3) is 0 Å². The van der Waals surface area contributed by atoms with Crippen LogP contribution in [0.4, 0.5) is 11.4 Å². The van der Waals surface area contributed by atoms with Gasteiger partial charge in [-0.25, -0.2) is 4.79 Å². The number of hydrogen-bond acceptors (Lipinski definition) is 4. The van der Waals surface area contributed by atoms with E-state index in [1.807, 2.05) is 0 Å². The molecule has 0 heterocycles. The molecule has 0 saturated heterocycles. The smallest absolute Gasteiger partial charge is 0.338 e. The Balaban J connectivity index is 2.01. The zero-order chi connectivity index (χ0) is 17.0. The van der Waals surface area contributed by atoms with Crippen LogP contribution in [0.15, 0.2) is 42.5 Å². The van der Waals surface area contributed by atoms with Gasteiger partial charge in [-0.2, -0.15) is 0 Å². The topological polar surface area (TPSA) is 81.4 Å². The molecule has 23 heavy (non-hydrogen) atoms. The van der Waals surface area contributed by atoms with Gasteiger partial charge < -0.3 is 15.8 Å². The van der Waals surface area contributed by atoms with E-state index >= 15 is 0 Å². The summed E-state index contributed by atoms with van der Waals surface area (Å²) in [5.74, 6) is -1.02. The molecule has 0 bridgehead atoms. The molecular weight excluding hydrogens is 316 g/mol. The van der Waals surface area contributed by atoms with Crippen molar-refractivity contribution in [3.8, 4) is 0 Å². The highest BCUT2D eigenvalue weighted by Gasteiger charge is 2.19. The molecule has 0 aliphatic rings. The zero-order valence-corrected chi connectivity index (χ0v) is 13.6. The predicted molar refractivity (Wildman–Crippen MR) is 90.6 cm³/mol. The van der Waals surface area contributed by atoms with Crippen LogP contribution in [-0.2, 0) is 9.53 Å². The lowest BCUT2D eigenvalue weighted by Gasteiger charge is -2.15. The van der Waals surface area contributed by atoms with Gasteiger partial charge in [0.1, 0.15) is 0 Å². The Bertz CT molecular complexity index is 729. The second kappa shape index (κ2) is 7.15. The maximum atomic E-state index is 12.1. The molecule has 2 aromatic carbocycles. The first kappa shape index (κ1) is 16.8. The third-order valence-electron chi connectivity index (χ3n) is 3.32. The van der Waals surface area contributed by atoms with Gasteiger partial charge in [0.2, 0.25) is 0 Å². The largest absolute Gasteiger partial charge is 0.449 e. The first-order valence-corrected chi connectivity index (χ1v) is 7.39. The lowest BCUT2D eigenvalue weighted by molar-refractivity contribution is -0.123. The molecule has 0 radical (unpaired) electrons. The first-order valence-electron chi connectivity index (χ1n) is 7.01. The molecule has 2 aromatic rings. The van der Waals surface area contributed by atoms with Gasteiger partial charge in [-0.15, -0.1) is 0 Å². The molecular formula is C17H17ClN2O3. The Kier molecular flexibility index (Phi) is 5.24. The van der Waals surface area contributed by atoms with Gasteiger partial charge in [0, 0.05) is 16.4 Å². The fourth-order valence-corrected chi connectivity index (χ4v) is 2.05. The Morgan fingerprint density at radius 1 is 1.17 bits per heavy atom. The number of nitrogen functional groups attached to an aromatic ring is 1. The van der Waals surface area contributed by atoms with E-state index in [0.29, 0.717) is 22.0 Å². The van der Waals surface area contributed by atoms with Crippen LogP contribution in [0.3, 0.4) is 0 Å². The van der Waals surface area contributed by atoms with Gasteiger partial charge in [-0.1, -0.05) is 17.7 Å². The minimum absolute atomic E-state index is 0.331. The molecule has 0 aliphatic heterocycles. The normalized spacial score (nSPS) is 11.6. The van der Waals surface area contributed by atoms with Crippen molar-refractivity contribution >= 4 is 34.9 Å². The quantitative estimate of drug-likeness (QED) is 0.664. The van der Waals surface area contributed by atoms with E-state index in [2.05, 4.69) is 5.32 Å². The summed E-state index contributed by atoms with van der Waals surface area (Å²) >= 11 is 6.01. The van der Waals surface area contributed by atoms with Crippen LogP contribution in [0.2, 0.25) is 5.02 Å². The average molecular weight is 333 g/mol. The Morgan fingerprint density at radius 3 is 2.48 bits per heavy atom. The van der Waals surface area contributed by atoms with E-state index in [1.54, 1.807) is 49.4 Å². The summed E-state index contributed by atoms with van der Waals surface area (Å²) in [5, 5.41) is 3.25. The number of nitrogens with two attached hydrogens (primary N) is 1. The van der Waals surface area contributed by atoms with Crippen LogP contribution in [-0.4, -0.2) is 18.0 Å². The van der Waals surface area contributed by atoms with Crippen molar-refractivity contribution in [3.05, 3.63) is 58.6 Å². The van der Waals surface area contributed by atoms with Crippen molar-refractivity contribution in [2.24, 2.45) is 0 Å². The van der Waals surface area contributed by atoms with Crippen molar-refractivity contribution in [3.63, 3.8) is 0 Å². The average Bonchev–Trinajstić information content (AvgIpc) is 2.52. The number of anilines is 2. The van der Waals surface area contributed by atoms with E-state index in [-0.39, 0.29) is 0 Å². The van der Waals surface area contributed by atoms with Crippen molar-refractivity contribution in [2.75, 3.05) is 11.1 Å². The molecule has 3 N–H and O–H groups in total. The number of halogens is 1. The summed E-state index contributed by atoms with van der Waals surface area (Å²) < 4.78 is 5.16. The number of rotatable bonds is 4. The van der Waals surface area contributed by atoms with E-state index in [9.17, 15) is 9.59 Å². The second-order valence-corrected chi connectivity index (χ2v) is 5.48. The number of nitrogens with one attached hydrogen (secondary N) is 1. The zero-order valence-electron chi connectivity index (χ0n) is 12.8. The Hall–Kier alpha value is -2.53. The summed E-state index contributed by atoms with van der Waals surface area (Å²) in [5.41, 5.74) is 7.77. The van der Waals surface area contributed by atoms with E-state index in [1.165, 1.54) is 6.92 Å². The minimum atomic E-state index is -0.946. The van der Waals surface area contributed by atoms with Gasteiger partial charge in [0.25, 0.3) is 5.91 Å². The van der Waals surface area contributed by atoms with Crippen LogP contribution in [0, 0.1) is 6.92 Å². The number of carbonyl (C=O) groups excluding carboxylic acids is 2. The molecule has 0 aliphatic carbocycles. The van der Waals surface area contributed by atoms with E-state index in [0.717, 1.165) is 5.56 Å². The number of benzene rings is 2. The molecule has 1 amide bonds. The Labute approximate surface area is 139 Å². The lowest BCUT2D eigenvalue weighted by Crippen LogP contribution is -2.30. The SMILES string of the molecule is Cc1c(Cl)cccc1NC(=O)C(C)OC(=O)c1ccc(N)cc1. The van der Waals surface area contributed by atoms with Crippen LogP contribution in [0.5, 0.6) is 0 Å². The fourth-order valence-electron chi connectivity index (χ4n) is 1.88. The number of hydrogen-bond donors (Lipinski definition) is 2. The molecule has 2 rings (SSSR count). The fraction of sp³-hybridized carbons (Fsp3) is 0.176. The molecule has 0 fully saturated rings. The third-order valence-corrected chi connectivity index (χ3v) is 3.73. The van der Waals surface area contributed by atoms with Gasteiger partial charge in [0.15, 0.2) is 6.10 Å². The highest BCUT2D eigenvalue weighted by Crippen LogP contribution is 2.23. The number of esters is 1. The lowest BCUT2D eigenvalue weighted by atomic mass is 10.2. The third kappa shape index (κ3) is 4.23. The molecule has 1 unspecified atom stereocenters. The highest BCUT2D eigenvalue weighted by molar-refractivity contribution is 6.31. The summed E-state index contributed by atoms with van der Waals surface area (Å²) in [4.78, 5) is 24.1. The molecule has 0 saturated carbocycles. The van der Waals surface area contributed by atoms with Crippen LogP contribution in [0.1, 0.15) is 22.8 Å². The van der Waals surface area contributed by atoms with E-state index < -0.39 is 18.0 Å². The number of ether oxygens (including phenoxy) is 1. The number of amides is 1. The van der Waals surface area contributed by atoms with Gasteiger partial charge >= 0.3 is 5.97 Å². The van der Waals surface area contributed by atoms with Crippen LogP contribution >= 0.6 is 11.6 Å². The standard InChI is InChI=1S/C17H17ClN2O3/c1-10-14(18)4-3-5-15(10)20-16(21)11(2)23-17(22)12-6-8-13(19)9-7-12/h3-9,11H,19H2,1-2H3,(H,20,21). The van der Waals surface area contributed by atoms with Crippen molar-refractivity contribution in [1.82, 2.24) is 0 Å². The monoisotopic (exact) mass is 332 g/mol. The number of carbonyl (C=O) groups is 2. The maximum absolute atomic E-state index is 12.1. The summed E-state index contributed by atoms with van der Waals surface area (Å²) in [6.07, 6.45) is -0.946. The molecule has 0 spiro atoms. The molecule has 1 atom stereocenters. The summed E-state index contributed by atoms with van der Waals surface area (Å²) in [6.45, 7) is 3.30.